The molecule has 0 spiro atoms. The maximum Gasteiger partial charge on any atom is 0.237 e. The third-order valence-corrected chi connectivity index (χ3v) is 5.81. The number of hydrogen-bond acceptors (Lipinski definition) is 7. The number of fused-ring (bicyclic) bond motifs is 2. The van der Waals surface area contributed by atoms with Crippen LogP contribution in [0.5, 0.6) is 11.5 Å². The molecule has 10 heteroatoms. The largest absolute Gasteiger partial charge is 0.454 e. The summed E-state index contributed by atoms with van der Waals surface area (Å²) in [5.41, 5.74) is 1.88. The number of aromatic nitrogens is 4. The van der Waals surface area contributed by atoms with Gasteiger partial charge in [0.05, 0.1) is 22.5 Å². The summed E-state index contributed by atoms with van der Waals surface area (Å²) in [4.78, 5) is 21.3. The zero-order valence-electron chi connectivity index (χ0n) is 16.3. The van der Waals surface area contributed by atoms with Crippen molar-refractivity contribution in [3.05, 3.63) is 60.8 Å². The summed E-state index contributed by atoms with van der Waals surface area (Å²) >= 11 is 1.30. The normalized spacial score (nSPS) is 13.4. The molecule has 1 amide bonds. The number of halogens is 1. The Balaban J connectivity index is 1.35. The monoisotopic (exact) mass is 437 g/mol. The lowest BCUT2D eigenvalue weighted by Crippen LogP contribution is -2.22. The number of ether oxygens (including phenoxy) is 2. The van der Waals surface area contributed by atoms with Crippen molar-refractivity contribution < 1.29 is 18.7 Å². The van der Waals surface area contributed by atoms with Crippen LogP contribution in [0.25, 0.3) is 16.7 Å². The molecule has 1 aliphatic rings. The SMILES string of the molecule is C[C@@H](Sc1ncnc2c1cnn2-c1ccc(F)cc1)C(=O)Nc1ccc2c(c1)OCO2. The van der Waals surface area contributed by atoms with Gasteiger partial charge in [0, 0.05) is 11.8 Å². The molecule has 1 atom stereocenters. The van der Waals surface area contributed by atoms with Gasteiger partial charge in [-0.2, -0.15) is 5.10 Å². The minimum absolute atomic E-state index is 0.175. The number of thioether (sulfide) groups is 1. The summed E-state index contributed by atoms with van der Waals surface area (Å²) in [6, 6.07) is 11.2. The van der Waals surface area contributed by atoms with E-state index in [-0.39, 0.29) is 18.5 Å². The van der Waals surface area contributed by atoms with Crippen molar-refractivity contribution in [2.75, 3.05) is 12.1 Å². The molecule has 2 aromatic heterocycles. The molecule has 0 aliphatic carbocycles. The van der Waals surface area contributed by atoms with Gasteiger partial charge >= 0.3 is 0 Å². The van der Waals surface area contributed by atoms with Gasteiger partial charge in [-0.05, 0) is 43.3 Å². The molecule has 0 bridgehead atoms. The maximum atomic E-state index is 13.2. The fourth-order valence-corrected chi connectivity index (χ4v) is 4.01. The van der Waals surface area contributed by atoms with E-state index in [2.05, 4.69) is 20.4 Å². The van der Waals surface area contributed by atoms with Crippen LogP contribution in [0.1, 0.15) is 6.92 Å². The molecule has 8 nitrogen and oxygen atoms in total. The van der Waals surface area contributed by atoms with Crippen LogP contribution in [0.15, 0.2) is 60.0 Å². The fraction of sp³-hybridized carbons (Fsp3) is 0.143. The first kappa shape index (κ1) is 19.3. The lowest BCUT2D eigenvalue weighted by Gasteiger charge is -2.12. The van der Waals surface area contributed by atoms with E-state index in [0.29, 0.717) is 38.9 Å². The molecule has 2 aromatic carbocycles. The van der Waals surface area contributed by atoms with E-state index >= 15 is 0 Å². The predicted octanol–water partition coefficient (Wildman–Crippen LogP) is 3.80. The Morgan fingerprint density at radius 1 is 1.16 bits per heavy atom. The summed E-state index contributed by atoms with van der Waals surface area (Å²) in [6.07, 6.45) is 3.07. The minimum atomic E-state index is -0.433. The van der Waals surface area contributed by atoms with Crippen LogP contribution in [0, 0.1) is 5.82 Å². The Morgan fingerprint density at radius 3 is 2.81 bits per heavy atom. The smallest absolute Gasteiger partial charge is 0.237 e. The lowest BCUT2D eigenvalue weighted by atomic mass is 10.2. The Kier molecular flexibility index (Phi) is 4.91. The number of carbonyl (C=O) groups excluding carboxylic acids is 1. The Bertz CT molecular complexity index is 1280. The molecular formula is C21H16FN5O3S. The van der Waals surface area contributed by atoms with E-state index in [0.717, 1.165) is 0 Å². The third-order valence-electron chi connectivity index (χ3n) is 4.70. The van der Waals surface area contributed by atoms with Gasteiger partial charge in [-0.3, -0.25) is 4.79 Å². The number of benzene rings is 2. The van der Waals surface area contributed by atoms with E-state index in [1.807, 2.05) is 0 Å². The van der Waals surface area contributed by atoms with Gasteiger partial charge in [0.25, 0.3) is 0 Å². The van der Waals surface area contributed by atoms with Gasteiger partial charge in [0.15, 0.2) is 17.1 Å². The average molecular weight is 437 g/mol. The molecule has 31 heavy (non-hydrogen) atoms. The van der Waals surface area contributed by atoms with E-state index < -0.39 is 5.25 Å². The Morgan fingerprint density at radius 2 is 1.97 bits per heavy atom. The van der Waals surface area contributed by atoms with Crippen molar-refractivity contribution >= 4 is 34.4 Å². The molecule has 0 unspecified atom stereocenters. The summed E-state index contributed by atoms with van der Waals surface area (Å²) in [5, 5.41) is 8.15. The van der Waals surface area contributed by atoms with Crippen molar-refractivity contribution in [1.82, 2.24) is 19.7 Å². The van der Waals surface area contributed by atoms with Gasteiger partial charge in [0.1, 0.15) is 17.2 Å². The summed E-state index contributed by atoms with van der Waals surface area (Å²) < 4.78 is 25.5. The van der Waals surface area contributed by atoms with Crippen molar-refractivity contribution in [3.63, 3.8) is 0 Å². The van der Waals surface area contributed by atoms with Crippen LogP contribution < -0.4 is 14.8 Å². The zero-order valence-corrected chi connectivity index (χ0v) is 17.1. The third kappa shape index (κ3) is 3.77. The van der Waals surface area contributed by atoms with E-state index in [1.165, 1.54) is 30.2 Å². The molecular weight excluding hydrogens is 421 g/mol. The second-order valence-electron chi connectivity index (χ2n) is 6.77. The second kappa shape index (κ2) is 7.88. The number of rotatable bonds is 5. The highest BCUT2D eigenvalue weighted by molar-refractivity contribution is 8.00. The van der Waals surface area contributed by atoms with Crippen LogP contribution in [0.4, 0.5) is 10.1 Å². The first-order valence-electron chi connectivity index (χ1n) is 9.40. The lowest BCUT2D eigenvalue weighted by molar-refractivity contribution is -0.115. The van der Waals surface area contributed by atoms with Crippen molar-refractivity contribution in [3.8, 4) is 17.2 Å². The molecule has 3 heterocycles. The number of hydrogen-bond donors (Lipinski definition) is 1. The first-order valence-corrected chi connectivity index (χ1v) is 10.3. The van der Waals surface area contributed by atoms with Crippen LogP contribution in [-0.4, -0.2) is 37.7 Å². The molecule has 4 aromatic rings. The molecule has 0 fully saturated rings. The summed E-state index contributed by atoms with van der Waals surface area (Å²) in [6.45, 7) is 1.97. The highest BCUT2D eigenvalue weighted by Crippen LogP contribution is 2.35. The second-order valence-corrected chi connectivity index (χ2v) is 8.10. The average Bonchev–Trinajstić information content (AvgIpc) is 3.41. The maximum absolute atomic E-state index is 13.2. The van der Waals surface area contributed by atoms with Crippen LogP contribution in [0.3, 0.4) is 0 Å². The quantitative estimate of drug-likeness (QED) is 0.375. The summed E-state index contributed by atoms with van der Waals surface area (Å²) in [7, 11) is 0. The summed E-state index contributed by atoms with van der Waals surface area (Å²) in [5.74, 6) is 0.751. The fourth-order valence-electron chi connectivity index (χ4n) is 3.13. The topological polar surface area (TPSA) is 91.2 Å². The van der Waals surface area contributed by atoms with Gasteiger partial charge in [-0.15, -0.1) is 0 Å². The number of amides is 1. The van der Waals surface area contributed by atoms with Gasteiger partial charge < -0.3 is 14.8 Å². The first-order chi connectivity index (χ1) is 15.1. The minimum Gasteiger partial charge on any atom is -0.454 e. The number of nitrogens with zero attached hydrogens (tertiary/aromatic N) is 4. The van der Waals surface area contributed by atoms with Crippen LogP contribution >= 0.6 is 11.8 Å². The predicted molar refractivity (Wildman–Crippen MR) is 113 cm³/mol. The highest BCUT2D eigenvalue weighted by Gasteiger charge is 2.20. The van der Waals surface area contributed by atoms with Gasteiger partial charge in [-0.25, -0.2) is 19.0 Å². The van der Waals surface area contributed by atoms with Crippen molar-refractivity contribution in [1.29, 1.82) is 0 Å². The van der Waals surface area contributed by atoms with Crippen molar-refractivity contribution in [2.45, 2.75) is 17.2 Å². The molecule has 156 valence electrons. The number of anilines is 1. The van der Waals surface area contributed by atoms with Crippen LogP contribution in [0.2, 0.25) is 0 Å². The molecule has 1 N–H and O–H groups in total. The van der Waals surface area contributed by atoms with Crippen LogP contribution in [-0.2, 0) is 4.79 Å². The number of nitrogens with one attached hydrogen (secondary N) is 1. The van der Waals surface area contributed by atoms with Gasteiger partial charge in [-0.1, -0.05) is 11.8 Å². The van der Waals surface area contributed by atoms with E-state index in [9.17, 15) is 9.18 Å². The van der Waals surface area contributed by atoms with Gasteiger partial charge in [0.2, 0.25) is 12.7 Å². The number of carbonyl (C=O) groups is 1. The standard InChI is InChI=1S/C21H16FN5O3S/c1-12(20(28)26-14-4-7-17-18(8-14)30-11-29-17)31-21-16-9-25-27(19(16)23-10-24-21)15-5-2-13(22)3-6-15/h2-10,12H,11H2,1H3,(H,26,28)/t12-/m1/s1. The molecule has 0 saturated heterocycles. The van der Waals surface area contributed by atoms with E-state index in [4.69, 9.17) is 9.47 Å². The Labute approximate surface area is 180 Å². The highest BCUT2D eigenvalue weighted by atomic mass is 32.2. The molecule has 5 rings (SSSR count). The zero-order chi connectivity index (χ0) is 21.4. The molecule has 0 radical (unpaired) electrons. The van der Waals surface area contributed by atoms with Crippen molar-refractivity contribution in [2.24, 2.45) is 0 Å². The molecule has 1 aliphatic heterocycles. The van der Waals surface area contributed by atoms with E-state index in [1.54, 1.807) is 48.1 Å². The molecule has 0 saturated carbocycles. The Hall–Kier alpha value is -3.66.